The highest BCUT2D eigenvalue weighted by Crippen LogP contribution is 2.63. The zero-order valence-corrected chi connectivity index (χ0v) is 13.4. The van der Waals surface area contributed by atoms with Crippen molar-refractivity contribution in [2.24, 2.45) is 5.41 Å². The summed E-state index contributed by atoms with van der Waals surface area (Å²) in [6.45, 7) is 1.71. The Morgan fingerprint density at radius 3 is 2.36 bits per heavy atom. The number of hydrogen-bond donors (Lipinski definition) is 0. The number of hydrogen-bond acceptors (Lipinski definition) is 6. The number of methoxy groups -OCH3 is 1. The van der Waals surface area contributed by atoms with Gasteiger partial charge in [0.25, 0.3) is 0 Å². The van der Waals surface area contributed by atoms with E-state index in [0.717, 1.165) is 6.26 Å². The molecule has 3 unspecified atom stereocenters. The molecule has 118 valence electrons. The Hall–Kier alpha value is -2.07. The van der Waals surface area contributed by atoms with Crippen molar-refractivity contribution in [3.05, 3.63) is 29.8 Å². The van der Waals surface area contributed by atoms with Crippen LogP contribution in [0, 0.1) is 16.7 Å². The van der Waals surface area contributed by atoms with Gasteiger partial charge in [0, 0.05) is 12.2 Å². The van der Waals surface area contributed by atoms with Crippen molar-refractivity contribution in [2.75, 3.05) is 20.0 Å². The van der Waals surface area contributed by atoms with Crippen LogP contribution in [0.5, 0.6) is 5.75 Å². The van der Waals surface area contributed by atoms with Crippen LogP contribution in [0.15, 0.2) is 24.3 Å². The van der Waals surface area contributed by atoms with Crippen LogP contribution >= 0.6 is 0 Å². The van der Waals surface area contributed by atoms with Gasteiger partial charge < -0.3 is 9.47 Å². The van der Waals surface area contributed by atoms with E-state index in [0.29, 0.717) is 11.3 Å². The fourth-order valence-corrected chi connectivity index (χ4v) is 4.62. The second kappa shape index (κ2) is 5.61. The second-order valence-electron chi connectivity index (χ2n) is 5.20. The minimum atomic E-state index is -3.58. The van der Waals surface area contributed by atoms with E-state index in [4.69, 9.17) is 9.47 Å². The molecule has 0 bridgehead atoms. The molecule has 0 spiro atoms. The number of nitriles is 1. The quantitative estimate of drug-likeness (QED) is 0.758. The second-order valence-corrected chi connectivity index (χ2v) is 7.37. The third kappa shape index (κ3) is 2.44. The van der Waals surface area contributed by atoms with E-state index in [2.05, 4.69) is 0 Å². The molecule has 0 N–H and O–H groups in total. The van der Waals surface area contributed by atoms with Gasteiger partial charge in [-0.15, -0.1) is 0 Å². The summed E-state index contributed by atoms with van der Waals surface area (Å²) in [5.41, 5.74) is -1.07. The van der Waals surface area contributed by atoms with Crippen molar-refractivity contribution in [1.82, 2.24) is 0 Å². The summed E-state index contributed by atoms with van der Waals surface area (Å²) < 4.78 is 34.0. The molecule has 1 aliphatic carbocycles. The van der Waals surface area contributed by atoms with E-state index in [1.54, 1.807) is 31.2 Å². The van der Waals surface area contributed by atoms with Gasteiger partial charge >= 0.3 is 5.97 Å². The van der Waals surface area contributed by atoms with Gasteiger partial charge in [-0.1, -0.05) is 12.1 Å². The van der Waals surface area contributed by atoms with Crippen LogP contribution in [0.4, 0.5) is 0 Å². The molecule has 0 aliphatic heterocycles. The molecule has 6 nitrogen and oxygen atoms in total. The normalized spacial score (nSPS) is 26.8. The van der Waals surface area contributed by atoms with Gasteiger partial charge in [0.15, 0.2) is 15.3 Å². The molecule has 1 fully saturated rings. The van der Waals surface area contributed by atoms with Gasteiger partial charge in [-0.3, -0.25) is 4.79 Å². The number of nitrogens with zero attached hydrogens (tertiary/aromatic N) is 1. The topological polar surface area (TPSA) is 93.5 Å². The third-order valence-electron chi connectivity index (χ3n) is 3.87. The number of rotatable bonds is 5. The van der Waals surface area contributed by atoms with Crippen LogP contribution in [0.1, 0.15) is 18.4 Å². The molecule has 0 radical (unpaired) electrons. The van der Waals surface area contributed by atoms with Gasteiger partial charge in [-0.2, -0.15) is 5.26 Å². The van der Waals surface area contributed by atoms with E-state index in [1.165, 1.54) is 7.11 Å². The van der Waals surface area contributed by atoms with E-state index in [-0.39, 0.29) is 6.61 Å². The monoisotopic (exact) mass is 323 g/mol. The van der Waals surface area contributed by atoms with Crippen molar-refractivity contribution in [3.8, 4) is 11.8 Å². The molecule has 22 heavy (non-hydrogen) atoms. The number of sulfone groups is 1. The highest BCUT2D eigenvalue weighted by atomic mass is 32.2. The van der Waals surface area contributed by atoms with Crippen molar-refractivity contribution < 1.29 is 22.7 Å². The van der Waals surface area contributed by atoms with E-state index < -0.39 is 32.4 Å². The van der Waals surface area contributed by atoms with Crippen molar-refractivity contribution in [3.63, 3.8) is 0 Å². The zero-order valence-electron chi connectivity index (χ0n) is 12.6. The maximum Gasteiger partial charge on any atom is 0.328 e. The molecule has 1 aromatic carbocycles. The predicted octanol–water partition coefficient (Wildman–Crippen LogP) is 1.28. The van der Waals surface area contributed by atoms with E-state index >= 15 is 0 Å². The summed E-state index contributed by atoms with van der Waals surface area (Å²) >= 11 is 0. The summed E-state index contributed by atoms with van der Waals surface area (Å²) in [5, 5.41) is 8.39. The maximum atomic E-state index is 12.2. The highest BCUT2D eigenvalue weighted by molar-refractivity contribution is 7.91. The lowest BCUT2D eigenvalue weighted by Gasteiger charge is -2.08. The fourth-order valence-electron chi connectivity index (χ4n) is 2.86. The lowest BCUT2D eigenvalue weighted by Crippen LogP contribution is -2.24. The highest BCUT2D eigenvalue weighted by Gasteiger charge is 2.76. The van der Waals surface area contributed by atoms with Gasteiger partial charge in [0.2, 0.25) is 0 Å². The minimum absolute atomic E-state index is 0.0913. The molecule has 3 atom stereocenters. The number of carbonyl (C=O) groups is 1. The predicted molar refractivity (Wildman–Crippen MR) is 79.0 cm³/mol. The third-order valence-corrected chi connectivity index (χ3v) is 5.43. The van der Waals surface area contributed by atoms with Gasteiger partial charge in [-0.05, 0) is 24.6 Å². The molecule has 0 aromatic heterocycles. The Morgan fingerprint density at radius 2 is 1.95 bits per heavy atom. The standard InChI is InChI=1S/C15H17NO5S/c1-4-21-14(17)15(9-16)12(13(15)22(3,18)19)10-5-7-11(20-2)8-6-10/h5-8,12-13H,4H2,1-3H3. The first-order valence-corrected chi connectivity index (χ1v) is 8.69. The summed E-state index contributed by atoms with van der Waals surface area (Å²) in [5.74, 6) is -0.898. The summed E-state index contributed by atoms with van der Waals surface area (Å²) in [6.07, 6.45) is 1.03. The first-order valence-electron chi connectivity index (χ1n) is 6.74. The Morgan fingerprint density at radius 1 is 1.36 bits per heavy atom. The lowest BCUT2D eigenvalue weighted by atomic mass is 10.0. The van der Waals surface area contributed by atoms with Crippen molar-refractivity contribution >= 4 is 15.8 Å². The van der Waals surface area contributed by atoms with Crippen molar-refractivity contribution in [1.29, 1.82) is 5.26 Å². The Labute approximate surface area is 129 Å². The zero-order chi connectivity index (χ0) is 16.5. The molecule has 1 aromatic rings. The largest absolute Gasteiger partial charge is 0.497 e. The summed E-state index contributed by atoms with van der Waals surface area (Å²) in [4.78, 5) is 12.2. The summed E-state index contributed by atoms with van der Waals surface area (Å²) in [6, 6.07) is 8.55. The number of carbonyl (C=O) groups excluding carboxylic acids is 1. The maximum absolute atomic E-state index is 12.2. The Kier molecular flexibility index (Phi) is 4.16. The smallest absolute Gasteiger partial charge is 0.328 e. The molecule has 0 amide bonds. The number of esters is 1. The van der Waals surface area contributed by atoms with Crippen LogP contribution in [0.3, 0.4) is 0 Å². The molecule has 0 heterocycles. The average molecular weight is 323 g/mol. The van der Waals surface area contributed by atoms with E-state index in [9.17, 15) is 18.5 Å². The van der Waals surface area contributed by atoms with Crippen LogP contribution < -0.4 is 4.74 Å². The first kappa shape index (κ1) is 16.3. The van der Waals surface area contributed by atoms with Gasteiger partial charge in [0.05, 0.1) is 19.8 Å². The van der Waals surface area contributed by atoms with Crippen LogP contribution in [-0.2, 0) is 19.4 Å². The van der Waals surface area contributed by atoms with Crippen LogP contribution in [0.25, 0.3) is 0 Å². The molecule has 7 heteroatoms. The number of benzene rings is 1. The fraction of sp³-hybridized carbons (Fsp3) is 0.467. The minimum Gasteiger partial charge on any atom is -0.497 e. The van der Waals surface area contributed by atoms with Crippen LogP contribution in [-0.4, -0.2) is 39.6 Å². The van der Waals surface area contributed by atoms with Gasteiger partial charge in [-0.25, -0.2) is 8.42 Å². The first-order chi connectivity index (χ1) is 10.3. The lowest BCUT2D eigenvalue weighted by molar-refractivity contribution is -0.147. The Bertz CT molecular complexity index is 719. The molecular formula is C15H17NO5S. The van der Waals surface area contributed by atoms with E-state index in [1.807, 2.05) is 6.07 Å². The molecule has 1 aliphatic rings. The summed E-state index contributed by atoms with van der Waals surface area (Å²) in [7, 11) is -2.06. The Balaban J connectivity index is 2.47. The molecule has 1 saturated carbocycles. The van der Waals surface area contributed by atoms with Crippen molar-refractivity contribution in [2.45, 2.75) is 18.1 Å². The molecular weight excluding hydrogens is 306 g/mol. The molecule has 2 rings (SSSR count). The van der Waals surface area contributed by atoms with Gasteiger partial charge in [0.1, 0.15) is 11.0 Å². The number of ether oxygens (including phenoxy) is 2. The average Bonchev–Trinajstić information content (AvgIpc) is 3.18. The van der Waals surface area contributed by atoms with Crippen LogP contribution in [0.2, 0.25) is 0 Å². The SMILES string of the molecule is CCOC(=O)C1(C#N)C(c2ccc(OC)cc2)C1S(C)(=O)=O. The molecule has 0 saturated heterocycles.